The van der Waals surface area contributed by atoms with Crippen LogP contribution in [0, 0.1) is 0 Å². The number of carbonyl (C=O) groups excluding carboxylic acids is 2. The molecule has 2 amide bonds. The normalized spacial score (nSPS) is 21.2. The summed E-state index contributed by atoms with van der Waals surface area (Å²) in [5, 5.41) is 2.98. The minimum atomic E-state index is -0.372. The van der Waals surface area contributed by atoms with E-state index in [1.54, 1.807) is 23.2 Å². The molecule has 1 saturated heterocycles. The average Bonchev–Trinajstić information content (AvgIpc) is 3.18. The van der Waals surface area contributed by atoms with Gasteiger partial charge in [0.05, 0.1) is 7.11 Å². The molecule has 6 nitrogen and oxygen atoms in total. The molecule has 1 unspecified atom stereocenters. The number of aromatic nitrogens is 1. The lowest BCUT2D eigenvalue weighted by Gasteiger charge is -2.24. The third-order valence-electron chi connectivity index (χ3n) is 3.93. The van der Waals surface area contributed by atoms with E-state index < -0.39 is 0 Å². The number of nitrogens with one attached hydrogen (secondary N) is 1. The smallest absolute Gasteiger partial charge is 0.260 e. The molecule has 0 spiro atoms. The minimum absolute atomic E-state index is 0.0359. The van der Waals surface area contributed by atoms with Crippen molar-refractivity contribution in [1.29, 1.82) is 0 Å². The molecule has 21 heavy (non-hydrogen) atoms. The van der Waals surface area contributed by atoms with Crippen LogP contribution in [0.5, 0.6) is 5.88 Å². The summed E-state index contributed by atoms with van der Waals surface area (Å²) in [5.74, 6) is 0.0790. The predicted octanol–water partition coefficient (Wildman–Crippen LogP) is 0.973. The summed E-state index contributed by atoms with van der Waals surface area (Å²) in [5.41, 5.74) is 0.408. The Morgan fingerprint density at radius 2 is 2.19 bits per heavy atom. The fraction of sp³-hybridized carbons (Fsp3) is 0.533. The quantitative estimate of drug-likeness (QED) is 0.896. The van der Waals surface area contributed by atoms with Crippen molar-refractivity contribution >= 4 is 11.8 Å². The van der Waals surface area contributed by atoms with Gasteiger partial charge in [0.2, 0.25) is 11.8 Å². The van der Waals surface area contributed by atoms with Crippen molar-refractivity contribution in [3.63, 3.8) is 0 Å². The van der Waals surface area contributed by atoms with Gasteiger partial charge in [0.25, 0.3) is 5.91 Å². The summed E-state index contributed by atoms with van der Waals surface area (Å²) in [7, 11) is 1.49. The van der Waals surface area contributed by atoms with Crippen LogP contribution in [0.4, 0.5) is 0 Å². The van der Waals surface area contributed by atoms with Crippen molar-refractivity contribution in [2.75, 3.05) is 13.7 Å². The van der Waals surface area contributed by atoms with Crippen LogP contribution < -0.4 is 10.1 Å². The second-order valence-corrected chi connectivity index (χ2v) is 5.50. The van der Waals surface area contributed by atoms with Gasteiger partial charge in [0.15, 0.2) is 0 Å². The second kappa shape index (κ2) is 5.71. The number of hydrogen-bond donors (Lipinski definition) is 1. The molecule has 0 aromatic carbocycles. The van der Waals surface area contributed by atoms with Gasteiger partial charge < -0.3 is 15.0 Å². The van der Waals surface area contributed by atoms with Crippen LogP contribution in [0.15, 0.2) is 18.3 Å². The van der Waals surface area contributed by atoms with E-state index in [0.29, 0.717) is 30.5 Å². The Balaban J connectivity index is 1.77. The Bertz CT molecular complexity index is 557. The minimum Gasteiger partial charge on any atom is -0.480 e. The lowest BCUT2D eigenvalue weighted by molar-refractivity contribution is -0.125. The number of hydrogen-bond acceptors (Lipinski definition) is 4. The standard InChI is InChI=1S/C15H19N3O3/c1-21-14-11(4-2-8-16-14)15(20)18-9-3-5-12(18)13(19)17-10-6-7-10/h2,4,8,10,12H,3,5-7,9H2,1H3,(H,17,19). The van der Waals surface area contributed by atoms with Crippen LogP contribution in [-0.4, -0.2) is 47.4 Å². The van der Waals surface area contributed by atoms with Crippen molar-refractivity contribution in [2.24, 2.45) is 0 Å². The molecule has 1 aliphatic heterocycles. The summed E-state index contributed by atoms with van der Waals surface area (Å²) in [4.78, 5) is 30.6. The van der Waals surface area contributed by atoms with E-state index in [1.807, 2.05) is 0 Å². The van der Waals surface area contributed by atoms with Crippen LogP contribution in [-0.2, 0) is 4.79 Å². The Hall–Kier alpha value is -2.11. The third kappa shape index (κ3) is 2.84. The second-order valence-electron chi connectivity index (χ2n) is 5.50. The first-order chi connectivity index (χ1) is 10.2. The first-order valence-electron chi connectivity index (χ1n) is 7.31. The number of rotatable bonds is 4. The summed E-state index contributed by atoms with van der Waals surface area (Å²) in [6, 6.07) is 3.32. The van der Waals surface area contributed by atoms with Crippen molar-refractivity contribution < 1.29 is 14.3 Å². The number of nitrogens with zero attached hydrogens (tertiary/aromatic N) is 2. The average molecular weight is 289 g/mol. The highest BCUT2D eigenvalue weighted by molar-refractivity contribution is 5.99. The van der Waals surface area contributed by atoms with Gasteiger partial charge in [-0.05, 0) is 37.8 Å². The molecule has 0 bridgehead atoms. The van der Waals surface area contributed by atoms with Gasteiger partial charge in [-0.3, -0.25) is 9.59 Å². The highest BCUT2D eigenvalue weighted by atomic mass is 16.5. The van der Waals surface area contributed by atoms with E-state index in [1.165, 1.54) is 7.11 Å². The number of amides is 2. The topological polar surface area (TPSA) is 71.5 Å². The lowest BCUT2D eigenvalue weighted by Crippen LogP contribution is -2.46. The van der Waals surface area contributed by atoms with Crippen LogP contribution in [0.1, 0.15) is 36.0 Å². The summed E-state index contributed by atoms with van der Waals surface area (Å²) in [6.07, 6.45) is 5.23. The van der Waals surface area contributed by atoms with Gasteiger partial charge in [0, 0.05) is 18.8 Å². The Kier molecular flexibility index (Phi) is 3.77. The maximum atomic E-state index is 12.7. The molecule has 1 aromatic rings. The summed E-state index contributed by atoms with van der Waals surface area (Å²) in [6.45, 7) is 0.597. The van der Waals surface area contributed by atoms with E-state index >= 15 is 0 Å². The Morgan fingerprint density at radius 1 is 1.38 bits per heavy atom. The van der Waals surface area contributed by atoms with Crippen molar-refractivity contribution in [1.82, 2.24) is 15.2 Å². The Morgan fingerprint density at radius 3 is 2.90 bits per heavy atom. The van der Waals surface area contributed by atoms with E-state index in [-0.39, 0.29) is 17.9 Å². The van der Waals surface area contributed by atoms with Crippen LogP contribution in [0.2, 0.25) is 0 Å². The van der Waals surface area contributed by atoms with Gasteiger partial charge in [-0.1, -0.05) is 0 Å². The highest BCUT2D eigenvalue weighted by Crippen LogP contribution is 2.25. The molecule has 2 heterocycles. The molecule has 2 fully saturated rings. The number of methoxy groups -OCH3 is 1. The SMILES string of the molecule is COc1ncccc1C(=O)N1CCCC1C(=O)NC1CC1. The van der Waals surface area contributed by atoms with E-state index in [4.69, 9.17) is 4.74 Å². The lowest BCUT2D eigenvalue weighted by atomic mass is 10.1. The van der Waals surface area contributed by atoms with Crippen molar-refractivity contribution in [2.45, 2.75) is 37.8 Å². The maximum absolute atomic E-state index is 12.7. The largest absolute Gasteiger partial charge is 0.480 e. The molecule has 2 aliphatic rings. The molecule has 3 rings (SSSR count). The molecule has 6 heteroatoms. The zero-order valence-electron chi connectivity index (χ0n) is 12.0. The van der Waals surface area contributed by atoms with Crippen molar-refractivity contribution in [3.05, 3.63) is 23.9 Å². The van der Waals surface area contributed by atoms with Crippen LogP contribution >= 0.6 is 0 Å². The van der Waals surface area contributed by atoms with Gasteiger partial charge in [-0.25, -0.2) is 4.98 Å². The summed E-state index contributed by atoms with van der Waals surface area (Å²) >= 11 is 0. The van der Waals surface area contributed by atoms with Crippen molar-refractivity contribution in [3.8, 4) is 5.88 Å². The summed E-state index contributed by atoms with van der Waals surface area (Å²) < 4.78 is 5.14. The molecular formula is C15H19N3O3. The van der Waals surface area contributed by atoms with Gasteiger partial charge in [0.1, 0.15) is 11.6 Å². The number of likely N-dealkylation sites (tertiary alicyclic amines) is 1. The molecule has 1 saturated carbocycles. The molecule has 1 aliphatic carbocycles. The van der Waals surface area contributed by atoms with E-state index in [2.05, 4.69) is 10.3 Å². The molecule has 112 valence electrons. The van der Waals surface area contributed by atoms with Gasteiger partial charge in [-0.15, -0.1) is 0 Å². The molecule has 1 aromatic heterocycles. The highest BCUT2D eigenvalue weighted by Gasteiger charge is 2.37. The number of pyridine rings is 1. The van der Waals surface area contributed by atoms with Gasteiger partial charge in [-0.2, -0.15) is 0 Å². The van der Waals surface area contributed by atoms with Crippen LogP contribution in [0.3, 0.4) is 0 Å². The molecule has 1 N–H and O–H groups in total. The first kappa shape index (κ1) is 13.9. The fourth-order valence-electron chi connectivity index (χ4n) is 2.68. The molecule has 1 atom stereocenters. The number of carbonyl (C=O) groups is 2. The van der Waals surface area contributed by atoms with E-state index in [0.717, 1.165) is 19.3 Å². The monoisotopic (exact) mass is 289 g/mol. The van der Waals surface area contributed by atoms with Crippen LogP contribution in [0.25, 0.3) is 0 Å². The van der Waals surface area contributed by atoms with Gasteiger partial charge >= 0.3 is 0 Å². The zero-order valence-corrected chi connectivity index (χ0v) is 12.0. The Labute approximate surface area is 123 Å². The first-order valence-corrected chi connectivity index (χ1v) is 7.31. The predicted molar refractivity (Wildman–Crippen MR) is 76.0 cm³/mol. The molecule has 0 radical (unpaired) electrons. The third-order valence-corrected chi connectivity index (χ3v) is 3.93. The number of ether oxygens (including phenoxy) is 1. The fourth-order valence-corrected chi connectivity index (χ4v) is 2.68. The maximum Gasteiger partial charge on any atom is 0.260 e. The van der Waals surface area contributed by atoms with E-state index in [9.17, 15) is 9.59 Å². The zero-order chi connectivity index (χ0) is 14.8. The molecular weight excluding hydrogens is 270 g/mol.